The van der Waals surface area contributed by atoms with E-state index in [2.05, 4.69) is 28.8 Å². The molecule has 5 atom stereocenters. The van der Waals surface area contributed by atoms with Crippen molar-refractivity contribution in [3.8, 4) is 5.88 Å². The highest BCUT2D eigenvalue weighted by atomic mass is 32.2. The molecule has 1 fully saturated rings. The minimum absolute atomic E-state index is 0.0244. The fourth-order valence-electron chi connectivity index (χ4n) is 6.11. The van der Waals surface area contributed by atoms with Crippen molar-refractivity contribution in [2.45, 2.75) is 180 Å². The summed E-state index contributed by atoms with van der Waals surface area (Å²) < 4.78 is 38.5. The number of fused-ring (bicyclic) bond motifs is 1. The molecular formula is C36H65N4O7PS. The van der Waals surface area contributed by atoms with Crippen LogP contribution in [0.5, 0.6) is 5.88 Å². The van der Waals surface area contributed by atoms with Crippen molar-refractivity contribution in [1.82, 2.24) is 19.5 Å². The molecule has 11 nitrogen and oxygen atoms in total. The van der Waals surface area contributed by atoms with Crippen LogP contribution in [0.25, 0.3) is 11.2 Å². The van der Waals surface area contributed by atoms with E-state index in [1.807, 2.05) is 25.6 Å². The molecule has 49 heavy (non-hydrogen) atoms. The lowest BCUT2D eigenvalue weighted by Crippen LogP contribution is -2.24. The van der Waals surface area contributed by atoms with Gasteiger partial charge in [-0.1, -0.05) is 117 Å². The quantitative estimate of drug-likeness (QED) is 0.0357. The van der Waals surface area contributed by atoms with E-state index < -0.39 is 7.82 Å². The normalized spacial score (nSPS) is 19.0. The maximum absolute atomic E-state index is 13.7. The molecule has 0 radical (unpaired) electrons. The number of phosphoric acid groups is 1. The summed E-state index contributed by atoms with van der Waals surface area (Å²) in [4.78, 5) is 18.1. The fraction of sp³-hybridized carbons (Fsp3) is 0.861. The molecule has 3 heterocycles. The summed E-state index contributed by atoms with van der Waals surface area (Å²) >= 11 is 1.95. The van der Waals surface area contributed by atoms with Gasteiger partial charge in [-0.2, -0.15) is 16.7 Å². The largest absolute Gasteiger partial charge is 0.502 e. The monoisotopic (exact) mass is 728 g/mol. The topological polar surface area (TPSA) is 127 Å². The van der Waals surface area contributed by atoms with Crippen molar-refractivity contribution in [1.29, 1.82) is 0 Å². The number of phosphoric ester groups is 1. The number of imidazole rings is 1. The third kappa shape index (κ3) is 15.9. The second-order valence-corrected chi connectivity index (χ2v) is 16.3. The zero-order chi connectivity index (χ0) is 35.2. The van der Waals surface area contributed by atoms with Gasteiger partial charge in [0.25, 0.3) is 0 Å². The van der Waals surface area contributed by atoms with Gasteiger partial charge in [-0.05, 0) is 44.8 Å². The number of nitrogens with zero attached hydrogens (tertiary/aromatic N) is 4. The Balaban J connectivity index is 1.44. The van der Waals surface area contributed by atoms with Crippen LogP contribution in [0.1, 0.15) is 162 Å². The van der Waals surface area contributed by atoms with E-state index in [1.165, 1.54) is 103 Å². The number of rotatable bonds is 30. The van der Waals surface area contributed by atoms with Crippen LogP contribution in [0.4, 0.5) is 0 Å². The highest BCUT2D eigenvalue weighted by molar-refractivity contribution is 7.99. The summed E-state index contributed by atoms with van der Waals surface area (Å²) in [5.74, 6) is 0.913. The molecule has 0 spiro atoms. The summed E-state index contributed by atoms with van der Waals surface area (Å²) in [7, 11) is -3.99. The second-order valence-electron chi connectivity index (χ2n) is 13.4. The summed E-state index contributed by atoms with van der Waals surface area (Å²) in [6, 6.07) is 0. The van der Waals surface area contributed by atoms with Crippen molar-refractivity contribution in [2.24, 2.45) is 0 Å². The van der Waals surface area contributed by atoms with E-state index in [9.17, 15) is 9.67 Å². The first-order valence-electron chi connectivity index (χ1n) is 19.3. The number of ether oxygens (including phenoxy) is 1. The Morgan fingerprint density at radius 3 is 2.20 bits per heavy atom. The predicted molar refractivity (Wildman–Crippen MR) is 198 cm³/mol. The van der Waals surface area contributed by atoms with Crippen LogP contribution < -0.4 is 0 Å². The van der Waals surface area contributed by atoms with Crippen LogP contribution in [0.15, 0.2) is 12.7 Å². The standard InChI is InChI=1S/C36H65N4O7PS/c1-5-8-10-12-13-14-15-16-17-19-21-26-49-32(22-20-18-11-9-6-2)30(4)46-47-48(42,43-25-7-3)44-27-31-23-24-33(45-31)40-29-39-34-35(40)37-28-38-36(34)41/h28-33H,5-27H2,1-4H3,(H,37,38,41)/t30?,31-,32?,33+,48?/m0/s1. The van der Waals surface area contributed by atoms with Gasteiger partial charge in [-0.3, -0.25) is 13.6 Å². The van der Waals surface area contributed by atoms with Crippen molar-refractivity contribution in [3.05, 3.63) is 12.7 Å². The maximum atomic E-state index is 13.7. The minimum Gasteiger partial charge on any atom is -0.492 e. The first-order valence-corrected chi connectivity index (χ1v) is 21.8. The Bertz CT molecular complexity index is 1190. The van der Waals surface area contributed by atoms with Gasteiger partial charge in [0.05, 0.1) is 25.6 Å². The molecule has 282 valence electrons. The number of thioether (sulfide) groups is 1. The smallest absolute Gasteiger partial charge is 0.492 e. The molecule has 1 aliphatic rings. The molecule has 0 saturated carbocycles. The van der Waals surface area contributed by atoms with Crippen LogP contribution in [0, 0.1) is 0 Å². The SMILES string of the molecule is CCCCCCCCCCCCCSC(CCCCCCC)C(C)OOP(=O)(OCCC)OC[C@@H]1CC[C@H](n2cnc3c(O)ncnc32)O1. The zero-order valence-corrected chi connectivity index (χ0v) is 32.5. The first-order chi connectivity index (χ1) is 23.9. The lowest BCUT2D eigenvalue weighted by atomic mass is 10.1. The van der Waals surface area contributed by atoms with E-state index in [1.54, 1.807) is 10.9 Å². The van der Waals surface area contributed by atoms with E-state index in [0.717, 1.165) is 18.6 Å². The Morgan fingerprint density at radius 2 is 1.53 bits per heavy atom. The van der Waals surface area contributed by atoms with Gasteiger partial charge in [-0.25, -0.2) is 19.4 Å². The van der Waals surface area contributed by atoms with Crippen molar-refractivity contribution in [2.75, 3.05) is 19.0 Å². The minimum atomic E-state index is -3.99. The third-order valence-corrected chi connectivity index (χ3v) is 11.9. The van der Waals surface area contributed by atoms with Gasteiger partial charge < -0.3 is 9.84 Å². The molecule has 3 unspecified atom stereocenters. The molecule has 3 rings (SSSR count). The third-order valence-electron chi connectivity index (χ3n) is 9.09. The van der Waals surface area contributed by atoms with Crippen LogP contribution in [0.3, 0.4) is 0 Å². The average Bonchev–Trinajstić information content (AvgIpc) is 3.76. The van der Waals surface area contributed by atoms with E-state index >= 15 is 0 Å². The Hall–Kier alpha value is -1.27. The Labute approximate surface area is 299 Å². The molecule has 13 heteroatoms. The van der Waals surface area contributed by atoms with E-state index in [-0.39, 0.29) is 42.8 Å². The van der Waals surface area contributed by atoms with E-state index in [0.29, 0.717) is 30.4 Å². The van der Waals surface area contributed by atoms with Crippen molar-refractivity contribution >= 4 is 30.7 Å². The van der Waals surface area contributed by atoms with Gasteiger partial charge in [0.15, 0.2) is 11.2 Å². The number of hydrogen-bond acceptors (Lipinski definition) is 11. The number of aromatic nitrogens is 4. The van der Waals surface area contributed by atoms with Gasteiger partial charge in [0.1, 0.15) is 18.7 Å². The lowest BCUT2D eigenvalue weighted by molar-refractivity contribution is -0.257. The summed E-state index contributed by atoms with van der Waals surface area (Å²) in [6.45, 7) is 8.69. The second kappa shape index (κ2) is 24.8. The molecule has 1 saturated heterocycles. The first kappa shape index (κ1) is 42.1. The van der Waals surface area contributed by atoms with Crippen LogP contribution in [-0.2, 0) is 27.9 Å². The summed E-state index contributed by atoms with van der Waals surface area (Å²) in [5.41, 5.74) is 0.808. The zero-order valence-electron chi connectivity index (χ0n) is 30.8. The maximum Gasteiger partial charge on any atom is 0.502 e. The molecular weight excluding hydrogens is 663 g/mol. The average molecular weight is 729 g/mol. The molecule has 2 aromatic heterocycles. The van der Waals surface area contributed by atoms with Crippen molar-refractivity contribution in [3.63, 3.8) is 0 Å². The van der Waals surface area contributed by atoms with Crippen LogP contribution in [0.2, 0.25) is 0 Å². The Kier molecular flexibility index (Phi) is 21.4. The molecule has 0 amide bonds. The highest BCUT2D eigenvalue weighted by Crippen LogP contribution is 2.51. The molecule has 0 aliphatic carbocycles. The van der Waals surface area contributed by atoms with Crippen LogP contribution in [-0.4, -0.2) is 61.1 Å². The van der Waals surface area contributed by atoms with Gasteiger partial charge >= 0.3 is 7.82 Å². The number of hydrogen-bond donors (Lipinski definition) is 1. The summed E-state index contributed by atoms with van der Waals surface area (Å²) in [6.07, 6.45) is 25.8. The molecule has 0 aromatic carbocycles. The van der Waals surface area contributed by atoms with Gasteiger partial charge in [-0.15, -0.1) is 4.67 Å². The van der Waals surface area contributed by atoms with E-state index in [4.69, 9.17) is 23.3 Å². The Morgan fingerprint density at radius 1 is 0.878 bits per heavy atom. The molecule has 1 aliphatic heterocycles. The summed E-state index contributed by atoms with van der Waals surface area (Å²) in [5, 5.41) is 10.2. The fourth-order valence-corrected chi connectivity index (χ4v) is 8.59. The number of aromatic hydroxyl groups is 1. The van der Waals surface area contributed by atoms with Gasteiger partial charge in [0.2, 0.25) is 5.88 Å². The van der Waals surface area contributed by atoms with Gasteiger partial charge in [0, 0.05) is 5.25 Å². The number of unbranched alkanes of at least 4 members (excludes halogenated alkanes) is 14. The van der Waals surface area contributed by atoms with Crippen molar-refractivity contribution < 1.29 is 33.0 Å². The molecule has 1 N–H and O–H groups in total. The molecule has 2 aromatic rings. The highest BCUT2D eigenvalue weighted by Gasteiger charge is 2.35. The lowest BCUT2D eigenvalue weighted by Gasteiger charge is -2.25. The molecule has 0 bridgehead atoms. The predicted octanol–water partition coefficient (Wildman–Crippen LogP) is 10.9. The van der Waals surface area contributed by atoms with Crippen LogP contribution >= 0.6 is 19.6 Å².